The SMILES string of the molecule is CC(=O)NCC(O)C(O)c1ccccc1OCC(=O)O. The van der Waals surface area contributed by atoms with E-state index in [0.29, 0.717) is 0 Å². The molecule has 0 saturated heterocycles. The molecular formula is C13H17NO6. The predicted octanol–water partition coefficient (Wildman–Crippen LogP) is -0.320. The quantitative estimate of drug-likeness (QED) is 0.545. The Morgan fingerprint density at radius 2 is 1.95 bits per heavy atom. The minimum atomic E-state index is -1.30. The topological polar surface area (TPSA) is 116 Å². The molecule has 0 saturated carbocycles. The number of carbonyl (C=O) groups excluding carboxylic acids is 1. The Morgan fingerprint density at radius 1 is 1.30 bits per heavy atom. The van der Waals surface area contributed by atoms with Crippen LogP contribution in [0, 0.1) is 0 Å². The molecule has 1 aromatic rings. The summed E-state index contributed by atoms with van der Waals surface area (Å²) in [5.41, 5.74) is 0.256. The summed E-state index contributed by atoms with van der Waals surface area (Å²) in [6, 6.07) is 6.25. The van der Waals surface area contributed by atoms with Crippen LogP contribution in [0.1, 0.15) is 18.6 Å². The predicted molar refractivity (Wildman–Crippen MR) is 69.2 cm³/mol. The van der Waals surface area contributed by atoms with E-state index in [1.807, 2.05) is 0 Å². The Labute approximate surface area is 115 Å². The van der Waals surface area contributed by atoms with Gasteiger partial charge in [-0.05, 0) is 6.07 Å². The molecule has 0 radical (unpaired) electrons. The van der Waals surface area contributed by atoms with Gasteiger partial charge in [0, 0.05) is 19.0 Å². The highest BCUT2D eigenvalue weighted by molar-refractivity contribution is 5.72. The highest BCUT2D eigenvalue weighted by Crippen LogP contribution is 2.27. The van der Waals surface area contributed by atoms with Gasteiger partial charge in [0.1, 0.15) is 18.0 Å². The zero-order valence-electron chi connectivity index (χ0n) is 10.9. The number of ether oxygens (including phenoxy) is 1. The van der Waals surface area contributed by atoms with E-state index in [4.69, 9.17) is 9.84 Å². The Hall–Kier alpha value is -2.12. The van der Waals surface area contributed by atoms with Gasteiger partial charge in [-0.25, -0.2) is 4.79 Å². The maximum Gasteiger partial charge on any atom is 0.341 e. The minimum absolute atomic E-state index is 0.121. The number of aliphatic carboxylic acids is 1. The molecule has 2 atom stereocenters. The van der Waals surface area contributed by atoms with Crippen LogP contribution in [0.3, 0.4) is 0 Å². The Balaban J connectivity index is 2.77. The average Bonchev–Trinajstić information content (AvgIpc) is 2.41. The van der Waals surface area contributed by atoms with Crippen LogP contribution in [-0.4, -0.2) is 46.5 Å². The van der Waals surface area contributed by atoms with Gasteiger partial charge in [-0.3, -0.25) is 4.79 Å². The van der Waals surface area contributed by atoms with E-state index in [-0.39, 0.29) is 23.8 Å². The molecule has 0 aromatic heterocycles. The standard InChI is InChI=1S/C13H17NO6/c1-8(15)14-6-10(16)13(19)9-4-2-3-5-11(9)20-7-12(17)18/h2-5,10,13,16,19H,6-7H2,1H3,(H,14,15)(H,17,18). The average molecular weight is 283 g/mol. The van der Waals surface area contributed by atoms with E-state index in [9.17, 15) is 19.8 Å². The second kappa shape index (κ2) is 7.46. The van der Waals surface area contributed by atoms with Crippen LogP contribution < -0.4 is 10.1 Å². The van der Waals surface area contributed by atoms with Gasteiger partial charge >= 0.3 is 5.97 Å². The lowest BCUT2D eigenvalue weighted by molar-refractivity contribution is -0.139. The molecule has 110 valence electrons. The van der Waals surface area contributed by atoms with Gasteiger partial charge in [0.2, 0.25) is 5.91 Å². The third kappa shape index (κ3) is 4.87. The van der Waals surface area contributed by atoms with Crippen LogP contribution in [0.2, 0.25) is 0 Å². The molecule has 0 aliphatic carbocycles. The summed E-state index contributed by atoms with van der Waals surface area (Å²) in [5, 5.41) is 30.8. The molecule has 0 bridgehead atoms. The zero-order valence-corrected chi connectivity index (χ0v) is 10.9. The van der Waals surface area contributed by atoms with Crippen LogP contribution in [0.15, 0.2) is 24.3 Å². The highest BCUT2D eigenvalue weighted by Gasteiger charge is 2.22. The molecule has 0 aliphatic heterocycles. The van der Waals surface area contributed by atoms with Crippen molar-refractivity contribution in [1.82, 2.24) is 5.32 Å². The summed E-state index contributed by atoms with van der Waals surface area (Å²) in [5.74, 6) is -1.30. The van der Waals surface area contributed by atoms with Crippen molar-refractivity contribution in [3.63, 3.8) is 0 Å². The van der Waals surface area contributed by atoms with E-state index >= 15 is 0 Å². The molecule has 4 N–H and O–H groups in total. The smallest absolute Gasteiger partial charge is 0.341 e. The largest absolute Gasteiger partial charge is 0.482 e. The van der Waals surface area contributed by atoms with Gasteiger partial charge in [0.15, 0.2) is 6.61 Å². The molecule has 2 unspecified atom stereocenters. The summed E-state index contributed by atoms with van der Waals surface area (Å²) in [6.45, 7) is 0.623. The van der Waals surface area contributed by atoms with Gasteiger partial charge in [-0.2, -0.15) is 0 Å². The molecule has 1 rings (SSSR count). The first-order valence-corrected chi connectivity index (χ1v) is 5.96. The van der Waals surface area contributed by atoms with Crippen LogP contribution in [-0.2, 0) is 9.59 Å². The molecule has 20 heavy (non-hydrogen) atoms. The third-order valence-corrected chi connectivity index (χ3v) is 2.51. The third-order valence-electron chi connectivity index (χ3n) is 2.51. The summed E-state index contributed by atoms with van der Waals surface area (Å²) in [6.07, 6.45) is -2.53. The minimum Gasteiger partial charge on any atom is -0.482 e. The van der Waals surface area contributed by atoms with Crippen LogP contribution in [0.5, 0.6) is 5.75 Å². The van der Waals surface area contributed by atoms with E-state index in [0.717, 1.165) is 0 Å². The van der Waals surface area contributed by atoms with Crippen molar-refractivity contribution in [3.05, 3.63) is 29.8 Å². The molecule has 7 nitrogen and oxygen atoms in total. The van der Waals surface area contributed by atoms with Crippen LogP contribution in [0.4, 0.5) is 0 Å². The first kappa shape index (κ1) is 15.9. The second-order valence-corrected chi connectivity index (χ2v) is 4.17. The zero-order chi connectivity index (χ0) is 15.1. The first-order chi connectivity index (χ1) is 9.41. The van der Waals surface area contributed by atoms with Crippen LogP contribution >= 0.6 is 0 Å². The molecule has 1 aromatic carbocycles. The van der Waals surface area contributed by atoms with Crippen molar-refractivity contribution in [2.45, 2.75) is 19.1 Å². The van der Waals surface area contributed by atoms with E-state index < -0.39 is 24.8 Å². The summed E-state index contributed by atoms with van der Waals surface area (Å²) >= 11 is 0. The summed E-state index contributed by atoms with van der Waals surface area (Å²) in [7, 11) is 0. The van der Waals surface area contributed by atoms with Crippen molar-refractivity contribution < 1.29 is 29.6 Å². The monoisotopic (exact) mass is 283 g/mol. The lowest BCUT2D eigenvalue weighted by Gasteiger charge is -2.20. The number of carboxylic acid groups (broad SMARTS) is 1. The molecular weight excluding hydrogens is 266 g/mol. The number of benzene rings is 1. The van der Waals surface area contributed by atoms with Gasteiger partial charge in [0.25, 0.3) is 0 Å². The number of aliphatic hydroxyl groups is 2. The fraction of sp³-hybridized carbons (Fsp3) is 0.385. The Kier molecular flexibility index (Phi) is 5.95. The van der Waals surface area contributed by atoms with Crippen molar-refractivity contribution in [2.75, 3.05) is 13.2 Å². The van der Waals surface area contributed by atoms with E-state index in [2.05, 4.69) is 5.32 Å². The number of aliphatic hydroxyl groups excluding tert-OH is 2. The normalized spacial score (nSPS) is 13.3. The van der Waals surface area contributed by atoms with Gasteiger partial charge in [-0.1, -0.05) is 18.2 Å². The second-order valence-electron chi connectivity index (χ2n) is 4.17. The molecule has 7 heteroatoms. The van der Waals surface area contributed by atoms with E-state index in [1.165, 1.54) is 19.1 Å². The highest BCUT2D eigenvalue weighted by atomic mass is 16.5. The summed E-state index contributed by atoms with van der Waals surface area (Å²) in [4.78, 5) is 21.2. The number of hydrogen-bond acceptors (Lipinski definition) is 5. The van der Waals surface area contributed by atoms with Gasteiger partial charge in [0.05, 0.1) is 0 Å². The number of nitrogens with one attached hydrogen (secondary N) is 1. The molecule has 1 amide bonds. The van der Waals surface area contributed by atoms with Crippen molar-refractivity contribution in [2.24, 2.45) is 0 Å². The van der Waals surface area contributed by atoms with Gasteiger partial charge in [-0.15, -0.1) is 0 Å². The van der Waals surface area contributed by atoms with Gasteiger partial charge < -0.3 is 25.4 Å². The molecule has 0 heterocycles. The maximum atomic E-state index is 10.8. The summed E-state index contributed by atoms with van der Waals surface area (Å²) < 4.78 is 5.04. The fourth-order valence-corrected chi connectivity index (χ4v) is 1.56. The fourth-order valence-electron chi connectivity index (χ4n) is 1.56. The van der Waals surface area contributed by atoms with Crippen molar-refractivity contribution >= 4 is 11.9 Å². The molecule has 0 spiro atoms. The van der Waals surface area contributed by atoms with Crippen molar-refractivity contribution in [1.29, 1.82) is 0 Å². The number of rotatable bonds is 7. The number of carbonyl (C=O) groups is 2. The first-order valence-electron chi connectivity index (χ1n) is 5.96. The Morgan fingerprint density at radius 3 is 2.55 bits per heavy atom. The number of para-hydroxylation sites is 1. The molecule has 0 aliphatic rings. The lowest BCUT2D eigenvalue weighted by atomic mass is 10.0. The molecule has 0 fully saturated rings. The van der Waals surface area contributed by atoms with E-state index in [1.54, 1.807) is 12.1 Å². The maximum absolute atomic E-state index is 10.8. The number of carboxylic acids is 1. The number of hydrogen-bond donors (Lipinski definition) is 4. The van der Waals surface area contributed by atoms with Crippen molar-refractivity contribution in [3.8, 4) is 5.75 Å². The van der Waals surface area contributed by atoms with Crippen LogP contribution in [0.25, 0.3) is 0 Å². The Bertz CT molecular complexity index is 476. The number of amides is 1. The lowest BCUT2D eigenvalue weighted by Crippen LogP contribution is -2.34.